The van der Waals surface area contributed by atoms with Crippen LogP contribution in [0.25, 0.3) is 0 Å². The first kappa shape index (κ1) is 43.3. The maximum absolute atomic E-state index is 14.1. The zero-order valence-corrected chi connectivity index (χ0v) is 31.9. The summed E-state index contributed by atoms with van der Waals surface area (Å²) in [7, 11) is 1.24. The van der Waals surface area contributed by atoms with Crippen LogP contribution in [-0.2, 0) is 46.3 Å². The standard InChI is InChI=1S/C38H44O15/c1-16(2)29(48-20(7)40)15-28-35(50-22(9)42)27(37(52-24(11)44)31(32(46)17(3)4)38(28)53-25(12)45)14-26-33(47-13)18(5)34(49-21(8)41)30(19(6)39)36(26)51-23(10)43/h17,29H,1,14-15H2,2-13H3. The van der Waals surface area contributed by atoms with Crippen molar-refractivity contribution >= 4 is 47.4 Å². The van der Waals surface area contributed by atoms with Crippen LogP contribution in [-0.4, -0.2) is 60.6 Å². The number of carbonyl (C=O) groups excluding carboxylic acids is 8. The Balaban J connectivity index is 3.53. The zero-order valence-electron chi connectivity index (χ0n) is 31.9. The quantitative estimate of drug-likeness (QED) is 0.0983. The summed E-state index contributed by atoms with van der Waals surface area (Å²) >= 11 is 0. The molecule has 2 aromatic carbocycles. The van der Waals surface area contributed by atoms with Crippen molar-refractivity contribution in [2.24, 2.45) is 5.92 Å². The lowest BCUT2D eigenvalue weighted by molar-refractivity contribution is -0.145. The summed E-state index contributed by atoms with van der Waals surface area (Å²) in [6.07, 6.45) is -2.09. The highest BCUT2D eigenvalue weighted by Gasteiger charge is 2.38. The molecule has 0 N–H and O–H groups in total. The van der Waals surface area contributed by atoms with Gasteiger partial charge in [0.25, 0.3) is 0 Å². The van der Waals surface area contributed by atoms with E-state index in [4.69, 9.17) is 33.2 Å². The van der Waals surface area contributed by atoms with E-state index in [9.17, 15) is 38.4 Å². The summed E-state index contributed by atoms with van der Waals surface area (Å²) in [5.41, 5.74) is -0.765. The van der Waals surface area contributed by atoms with E-state index in [1.807, 2.05) is 0 Å². The second kappa shape index (κ2) is 18.1. The molecule has 0 radical (unpaired) electrons. The first-order valence-corrected chi connectivity index (χ1v) is 16.3. The molecule has 0 fully saturated rings. The number of Topliss-reactive ketones (excluding diaryl/α,β-unsaturated/α-hetero) is 2. The Hall–Kier alpha value is -5.86. The van der Waals surface area contributed by atoms with Crippen molar-refractivity contribution in [1.82, 2.24) is 0 Å². The molecule has 0 saturated heterocycles. The van der Waals surface area contributed by atoms with Crippen LogP contribution in [0.15, 0.2) is 12.2 Å². The highest BCUT2D eigenvalue weighted by molar-refractivity contribution is 6.06. The van der Waals surface area contributed by atoms with Crippen molar-refractivity contribution in [3.8, 4) is 34.5 Å². The van der Waals surface area contributed by atoms with E-state index < -0.39 is 94.4 Å². The van der Waals surface area contributed by atoms with Crippen LogP contribution in [0.2, 0.25) is 0 Å². The minimum atomic E-state index is -1.13. The predicted molar refractivity (Wildman–Crippen MR) is 187 cm³/mol. The smallest absolute Gasteiger partial charge is 0.308 e. The normalized spacial score (nSPS) is 11.2. The third-order valence-electron chi connectivity index (χ3n) is 7.39. The molecule has 0 aliphatic rings. The Morgan fingerprint density at radius 1 is 0.547 bits per heavy atom. The van der Waals surface area contributed by atoms with E-state index in [0.717, 1.165) is 48.5 Å². The first-order chi connectivity index (χ1) is 24.5. The molecular formula is C38H44O15. The Morgan fingerprint density at radius 2 is 0.943 bits per heavy atom. The number of methoxy groups -OCH3 is 1. The van der Waals surface area contributed by atoms with Crippen LogP contribution < -0.4 is 28.4 Å². The largest absolute Gasteiger partial charge is 0.496 e. The molecule has 286 valence electrons. The molecule has 2 aromatic rings. The molecule has 0 spiro atoms. The monoisotopic (exact) mass is 740 g/mol. The number of rotatable bonds is 15. The van der Waals surface area contributed by atoms with E-state index in [1.165, 1.54) is 27.9 Å². The molecule has 0 bridgehead atoms. The lowest BCUT2D eigenvalue weighted by Crippen LogP contribution is -2.25. The van der Waals surface area contributed by atoms with Crippen molar-refractivity contribution in [1.29, 1.82) is 0 Å². The lowest BCUT2D eigenvalue weighted by atomic mass is 9.87. The van der Waals surface area contributed by atoms with Crippen molar-refractivity contribution in [3.63, 3.8) is 0 Å². The molecule has 0 amide bonds. The van der Waals surface area contributed by atoms with E-state index in [1.54, 1.807) is 6.92 Å². The van der Waals surface area contributed by atoms with E-state index >= 15 is 0 Å². The molecule has 53 heavy (non-hydrogen) atoms. The van der Waals surface area contributed by atoms with Gasteiger partial charge in [0, 0.05) is 82.6 Å². The van der Waals surface area contributed by atoms with E-state index in [-0.39, 0.29) is 45.7 Å². The molecule has 0 saturated carbocycles. The number of hydrogen-bond acceptors (Lipinski definition) is 15. The van der Waals surface area contributed by atoms with E-state index in [2.05, 4.69) is 6.58 Å². The van der Waals surface area contributed by atoms with Gasteiger partial charge in [0.15, 0.2) is 34.6 Å². The van der Waals surface area contributed by atoms with E-state index in [0.29, 0.717) is 5.57 Å². The molecule has 15 heteroatoms. The Morgan fingerprint density at radius 3 is 1.32 bits per heavy atom. The van der Waals surface area contributed by atoms with Crippen LogP contribution >= 0.6 is 0 Å². The molecule has 1 unspecified atom stereocenters. The molecular weight excluding hydrogens is 696 g/mol. The summed E-state index contributed by atoms with van der Waals surface area (Å²) in [4.78, 5) is 103. The lowest BCUT2D eigenvalue weighted by Gasteiger charge is -2.27. The minimum absolute atomic E-state index is 0.0753. The first-order valence-electron chi connectivity index (χ1n) is 16.3. The number of esters is 6. The fourth-order valence-electron chi connectivity index (χ4n) is 5.47. The predicted octanol–water partition coefficient (Wildman–Crippen LogP) is 5.31. The summed E-state index contributed by atoms with van der Waals surface area (Å²) in [5, 5.41) is 0. The SMILES string of the molecule is C=C(C)C(Cc1c(OC(C)=O)c(Cc2c(OC)c(C)c(OC(C)=O)c(C(C)=O)c2OC(C)=O)c(OC(C)=O)c(C(=O)C(C)C)c1OC(C)=O)OC(C)=O. The zero-order chi connectivity index (χ0) is 40.6. The topological polar surface area (TPSA) is 201 Å². The maximum atomic E-state index is 14.1. The third-order valence-corrected chi connectivity index (χ3v) is 7.39. The van der Waals surface area contributed by atoms with Gasteiger partial charge in [0.2, 0.25) is 0 Å². The highest BCUT2D eigenvalue weighted by atomic mass is 16.6. The van der Waals surface area contributed by atoms with Crippen molar-refractivity contribution in [2.45, 2.75) is 95.1 Å². The average Bonchev–Trinajstić information content (AvgIpc) is 3.00. The fourth-order valence-corrected chi connectivity index (χ4v) is 5.47. The second-order valence-corrected chi connectivity index (χ2v) is 12.4. The average molecular weight is 741 g/mol. The van der Waals surface area contributed by atoms with Gasteiger partial charge in [-0.15, -0.1) is 0 Å². The van der Waals surface area contributed by atoms with Gasteiger partial charge in [-0.3, -0.25) is 38.4 Å². The van der Waals surface area contributed by atoms with Crippen LogP contribution in [0, 0.1) is 12.8 Å². The van der Waals surface area contributed by atoms with Crippen LogP contribution in [0.4, 0.5) is 0 Å². The summed E-state index contributed by atoms with van der Waals surface area (Å²) < 4.78 is 39.3. The van der Waals surface area contributed by atoms with Crippen LogP contribution in [0.1, 0.15) is 112 Å². The molecule has 2 rings (SSSR count). The van der Waals surface area contributed by atoms with Crippen molar-refractivity contribution in [2.75, 3.05) is 7.11 Å². The van der Waals surface area contributed by atoms with Crippen LogP contribution in [0.3, 0.4) is 0 Å². The van der Waals surface area contributed by atoms with Gasteiger partial charge in [0.05, 0.1) is 7.11 Å². The molecule has 0 aromatic heterocycles. The molecule has 0 heterocycles. The third kappa shape index (κ3) is 10.6. The number of benzene rings is 2. The molecule has 0 aliphatic heterocycles. The fraction of sp³-hybridized carbons (Fsp3) is 0.421. The number of carbonyl (C=O) groups is 8. The minimum Gasteiger partial charge on any atom is -0.496 e. The van der Waals surface area contributed by atoms with Gasteiger partial charge >= 0.3 is 35.8 Å². The van der Waals surface area contributed by atoms with Crippen LogP contribution in [0.5, 0.6) is 34.5 Å². The summed E-state index contributed by atoms with van der Waals surface area (Å²) in [6.45, 7) is 17.5. The number of ether oxygens (including phenoxy) is 7. The van der Waals surface area contributed by atoms with Crippen molar-refractivity contribution < 1.29 is 71.5 Å². The van der Waals surface area contributed by atoms with Gasteiger partial charge in [0.1, 0.15) is 28.7 Å². The highest BCUT2D eigenvalue weighted by Crippen LogP contribution is 2.51. The van der Waals surface area contributed by atoms with Gasteiger partial charge in [-0.05, 0) is 26.3 Å². The summed E-state index contributed by atoms with van der Waals surface area (Å²) in [6, 6.07) is 0. The number of hydrogen-bond donors (Lipinski definition) is 0. The Kier molecular flexibility index (Phi) is 14.8. The van der Waals surface area contributed by atoms with Crippen molar-refractivity contribution in [3.05, 3.63) is 45.5 Å². The van der Waals surface area contributed by atoms with Gasteiger partial charge in [-0.1, -0.05) is 20.4 Å². The Bertz CT molecular complexity index is 1900. The second-order valence-electron chi connectivity index (χ2n) is 12.4. The van der Waals surface area contributed by atoms with Gasteiger partial charge in [-0.25, -0.2) is 0 Å². The van der Waals surface area contributed by atoms with Gasteiger partial charge < -0.3 is 33.2 Å². The molecule has 0 aliphatic carbocycles. The molecule has 15 nitrogen and oxygen atoms in total. The number of ketones is 2. The summed E-state index contributed by atoms with van der Waals surface area (Å²) in [5.74, 6) is -9.54. The Labute approximate surface area is 306 Å². The molecule has 1 atom stereocenters. The maximum Gasteiger partial charge on any atom is 0.308 e. The van der Waals surface area contributed by atoms with Gasteiger partial charge in [-0.2, -0.15) is 0 Å².